The van der Waals surface area contributed by atoms with Crippen LogP contribution in [0.5, 0.6) is 5.75 Å². The number of methoxy groups -OCH3 is 1. The number of hydrogen-bond acceptors (Lipinski definition) is 1. The first-order valence-electron chi connectivity index (χ1n) is 7.77. The van der Waals surface area contributed by atoms with Crippen molar-refractivity contribution >= 4 is 27.5 Å². The minimum absolute atomic E-state index is 0.00597. The van der Waals surface area contributed by atoms with E-state index in [4.69, 9.17) is 16.3 Å². The molecule has 3 heteroatoms. The van der Waals surface area contributed by atoms with Crippen molar-refractivity contribution in [3.05, 3.63) is 27.2 Å². The summed E-state index contributed by atoms with van der Waals surface area (Å²) in [6.07, 6.45) is 5.07. The first kappa shape index (κ1) is 17.1. The summed E-state index contributed by atoms with van der Waals surface area (Å²) in [5.41, 5.74) is 3.81. The third kappa shape index (κ3) is 3.27. The summed E-state index contributed by atoms with van der Waals surface area (Å²) < 4.78 is 6.81. The summed E-state index contributed by atoms with van der Waals surface area (Å²) in [5.74, 6) is 1.45. The Labute approximate surface area is 142 Å². The van der Waals surface area contributed by atoms with Crippen LogP contribution in [0.1, 0.15) is 61.6 Å². The Kier molecular flexibility index (Phi) is 5.31. The van der Waals surface area contributed by atoms with E-state index >= 15 is 0 Å². The molecular weight excluding hydrogens is 348 g/mol. The van der Waals surface area contributed by atoms with E-state index in [0.29, 0.717) is 11.3 Å². The van der Waals surface area contributed by atoms with E-state index in [1.54, 1.807) is 7.11 Å². The van der Waals surface area contributed by atoms with Gasteiger partial charge in [0.25, 0.3) is 0 Å². The molecule has 0 N–H and O–H groups in total. The lowest BCUT2D eigenvalue weighted by Crippen LogP contribution is -2.31. The molecule has 0 radical (unpaired) electrons. The maximum atomic E-state index is 7.00. The molecule has 1 aliphatic rings. The fraction of sp³-hybridized carbons (Fsp3) is 0.667. The number of rotatable bonds is 3. The third-order valence-electron chi connectivity index (χ3n) is 5.13. The minimum atomic E-state index is 0.00597. The molecule has 21 heavy (non-hydrogen) atoms. The van der Waals surface area contributed by atoms with Crippen LogP contribution >= 0.6 is 27.5 Å². The molecular formula is C18H26BrClO. The highest BCUT2D eigenvalue weighted by atomic mass is 79.9. The van der Waals surface area contributed by atoms with Gasteiger partial charge in [0.05, 0.1) is 12.5 Å². The lowest BCUT2D eigenvalue weighted by molar-refractivity contribution is 0.132. The molecule has 0 bridgehead atoms. The predicted octanol–water partition coefficient (Wildman–Crippen LogP) is 6.57. The highest BCUT2D eigenvalue weighted by Crippen LogP contribution is 2.52. The van der Waals surface area contributed by atoms with Crippen LogP contribution in [0.4, 0.5) is 0 Å². The number of benzene rings is 1. The molecule has 1 fully saturated rings. The zero-order valence-electron chi connectivity index (χ0n) is 13.7. The maximum absolute atomic E-state index is 7.00. The summed E-state index contributed by atoms with van der Waals surface area (Å²) in [5, 5.41) is 0.00597. The summed E-state index contributed by atoms with van der Waals surface area (Å²) in [7, 11) is 1.74. The molecule has 0 aromatic heterocycles. The van der Waals surface area contributed by atoms with Crippen LogP contribution in [0.25, 0.3) is 0 Å². The summed E-state index contributed by atoms with van der Waals surface area (Å²) in [6.45, 7) is 8.94. The number of aryl methyl sites for hydroxylation is 1. The van der Waals surface area contributed by atoms with Crippen molar-refractivity contribution in [1.29, 1.82) is 0 Å². The molecule has 0 heterocycles. The van der Waals surface area contributed by atoms with Crippen molar-refractivity contribution in [3.8, 4) is 5.75 Å². The van der Waals surface area contributed by atoms with Crippen LogP contribution in [0.3, 0.4) is 0 Å². The molecule has 0 spiro atoms. The zero-order valence-corrected chi connectivity index (χ0v) is 16.1. The van der Waals surface area contributed by atoms with E-state index in [2.05, 4.69) is 49.7 Å². The normalized spacial score (nSPS) is 22.9. The smallest absolute Gasteiger partial charge is 0.126 e. The molecule has 1 saturated carbocycles. The van der Waals surface area contributed by atoms with Gasteiger partial charge >= 0.3 is 0 Å². The van der Waals surface area contributed by atoms with E-state index < -0.39 is 0 Å². The molecule has 2 atom stereocenters. The van der Waals surface area contributed by atoms with Gasteiger partial charge in [0.15, 0.2) is 0 Å². The Morgan fingerprint density at radius 2 is 2.00 bits per heavy atom. The Morgan fingerprint density at radius 3 is 2.57 bits per heavy atom. The van der Waals surface area contributed by atoms with E-state index in [-0.39, 0.29) is 5.38 Å². The molecule has 2 rings (SSSR count). The quantitative estimate of drug-likeness (QED) is 0.544. The van der Waals surface area contributed by atoms with Crippen molar-refractivity contribution in [2.24, 2.45) is 11.3 Å². The Bertz CT molecular complexity index is 524. The highest BCUT2D eigenvalue weighted by molar-refractivity contribution is 9.10. The molecule has 1 aromatic carbocycles. The topological polar surface area (TPSA) is 9.23 Å². The van der Waals surface area contributed by atoms with Crippen molar-refractivity contribution in [2.45, 2.75) is 58.8 Å². The van der Waals surface area contributed by atoms with Crippen molar-refractivity contribution in [1.82, 2.24) is 0 Å². The molecule has 0 amide bonds. The Morgan fingerprint density at radius 1 is 1.33 bits per heavy atom. The lowest BCUT2D eigenvalue weighted by atomic mass is 9.66. The molecule has 0 saturated heterocycles. The molecule has 1 nitrogen and oxygen atoms in total. The second-order valence-electron chi connectivity index (χ2n) is 6.99. The van der Waals surface area contributed by atoms with E-state index in [9.17, 15) is 0 Å². The van der Waals surface area contributed by atoms with Gasteiger partial charge in [-0.05, 0) is 55.2 Å². The largest absolute Gasteiger partial charge is 0.496 e. The van der Waals surface area contributed by atoms with Crippen LogP contribution in [0.2, 0.25) is 0 Å². The number of alkyl halides is 1. The monoisotopic (exact) mass is 372 g/mol. The second kappa shape index (κ2) is 6.50. The van der Waals surface area contributed by atoms with Crippen LogP contribution in [-0.2, 0) is 0 Å². The van der Waals surface area contributed by atoms with Gasteiger partial charge in [-0.15, -0.1) is 11.6 Å². The van der Waals surface area contributed by atoms with Crippen molar-refractivity contribution in [3.63, 3.8) is 0 Å². The van der Waals surface area contributed by atoms with Crippen LogP contribution < -0.4 is 4.74 Å². The lowest BCUT2D eigenvalue weighted by Gasteiger charge is -2.42. The number of halogens is 2. The third-order valence-corrected chi connectivity index (χ3v) is 6.48. The summed E-state index contributed by atoms with van der Waals surface area (Å²) in [4.78, 5) is 0. The average Bonchev–Trinajstić information content (AvgIpc) is 2.41. The van der Waals surface area contributed by atoms with Gasteiger partial charge in [-0.3, -0.25) is 0 Å². The number of ether oxygens (including phenoxy) is 1. The maximum Gasteiger partial charge on any atom is 0.126 e. The molecule has 0 aliphatic heterocycles. The molecule has 1 aromatic rings. The first-order valence-corrected chi connectivity index (χ1v) is 9.00. The molecule has 1 aliphatic carbocycles. The van der Waals surface area contributed by atoms with E-state index in [0.717, 1.165) is 15.8 Å². The van der Waals surface area contributed by atoms with Crippen LogP contribution in [0, 0.1) is 25.2 Å². The second-order valence-corrected chi connectivity index (χ2v) is 8.31. The molecule has 118 valence electrons. The SMILES string of the molecule is COc1c(C)cc(Br)c(C)c1C(Cl)C1CCCCC1(C)C. The fourth-order valence-corrected chi connectivity index (χ4v) is 5.03. The van der Waals surface area contributed by atoms with Gasteiger partial charge in [-0.25, -0.2) is 0 Å². The predicted molar refractivity (Wildman–Crippen MR) is 94.5 cm³/mol. The zero-order chi connectivity index (χ0) is 15.8. The minimum Gasteiger partial charge on any atom is -0.496 e. The average molecular weight is 374 g/mol. The highest BCUT2D eigenvalue weighted by Gasteiger charge is 2.39. The van der Waals surface area contributed by atoms with Crippen molar-refractivity contribution < 1.29 is 4.74 Å². The van der Waals surface area contributed by atoms with Gasteiger partial charge in [0.2, 0.25) is 0 Å². The van der Waals surface area contributed by atoms with Gasteiger partial charge < -0.3 is 4.74 Å². The van der Waals surface area contributed by atoms with E-state index in [1.165, 1.54) is 36.8 Å². The Balaban J connectivity index is 2.50. The van der Waals surface area contributed by atoms with Crippen molar-refractivity contribution in [2.75, 3.05) is 7.11 Å². The van der Waals surface area contributed by atoms with Gasteiger partial charge in [-0.1, -0.05) is 42.6 Å². The standard InChI is InChI=1S/C18H26BrClO/c1-11-10-14(19)12(2)15(17(11)21-5)16(20)13-8-6-7-9-18(13,3)4/h10,13,16H,6-9H2,1-5H3. The van der Waals surface area contributed by atoms with Crippen LogP contribution in [0.15, 0.2) is 10.5 Å². The summed E-state index contributed by atoms with van der Waals surface area (Å²) >= 11 is 10.7. The van der Waals surface area contributed by atoms with Gasteiger partial charge in [-0.2, -0.15) is 0 Å². The number of hydrogen-bond donors (Lipinski definition) is 0. The van der Waals surface area contributed by atoms with E-state index in [1.807, 2.05) is 0 Å². The van der Waals surface area contributed by atoms with Gasteiger partial charge in [0, 0.05) is 10.0 Å². The Hall–Kier alpha value is -0.210. The molecule has 2 unspecified atom stereocenters. The first-order chi connectivity index (χ1) is 9.79. The van der Waals surface area contributed by atoms with Gasteiger partial charge in [0.1, 0.15) is 5.75 Å². The fourth-order valence-electron chi connectivity index (χ4n) is 3.74. The summed E-state index contributed by atoms with van der Waals surface area (Å²) in [6, 6.07) is 2.12. The van der Waals surface area contributed by atoms with Crippen LogP contribution in [-0.4, -0.2) is 7.11 Å².